The predicted molar refractivity (Wildman–Crippen MR) is 109 cm³/mol. The Morgan fingerprint density at radius 3 is 2.13 bits per heavy atom. The fraction of sp³-hybridized carbons (Fsp3) is 0.409. The SMILES string of the molecule is CCOC(=O)C1=C(C)NC(C)=C(C(=O)OC)C1c1ccc(OC(C)=O)c(OCC)c1. The zero-order chi connectivity index (χ0) is 22.4. The van der Waals surface area contributed by atoms with Crippen LogP contribution in [0.2, 0.25) is 0 Å². The Hall–Kier alpha value is -3.29. The van der Waals surface area contributed by atoms with E-state index in [1.54, 1.807) is 45.9 Å². The zero-order valence-electron chi connectivity index (χ0n) is 18.1. The predicted octanol–water partition coefficient (Wildman–Crippen LogP) is 2.98. The van der Waals surface area contributed by atoms with E-state index in [9.17, 15) is 14.4 Å². The molecule has 0 fully saturated rings. The summed E-state index contributed by atoms with van der Waals surface area (Å²) in [6.07, 6.45) is 0. The maximum absolute atomic E-state index is 12.8. The van der Waals surface area contributed by atoms with Gasteiger partial charge in [-0.25, -0.2) is 9.59 Å². The minimum atomic E-state index is -0.747. The van der Waals surface area contributed by atoms with Crippen molar-refractivity contribution in [2.24, 2.45) is 0 Å². The molecule has 0 amide bonds. The Balaban J connectivity index is 2.70. The largest absolute Gasteiger partial charge is 0.490 e. The second-order valence-electron chi connectivity index (χ2n) is 6.58. The highest BCUT2D eigenvalue weighted by molar-refractivity contribution is 5.99. The van der Waals surface area contributed by atoms with E-state index in [0.29, 0.717) is 34.9 Å². The number of carbonyl (C=O) groups is 3. The summed E-state index contributed by atoms with van der Waals surface area (Å²) in [7, 11) is 1.28. The number of esters is 3. The van der Waals surface area contributed by atoms with E-state index in [1.165, 1.54) is 14.0 Å². The second-order valence-corrected chi connectivity index (χ2v) is 6.58. The Morgan fingerprint density at radius 2 is 1.60 bits per heavy atom. The minimum absolute atomic E-state index is 0.189. The van der Waals surface area contributed by atoms with Gasteiger partial charge in [0.2, 0.25) is 0 Å². The summed E-state index contributed by atoms with van der Waals surface area (Å²) < 4.78 is 21.1. The fourth-order valence-electron chi connectivity index (χ4n) is 3.40. The summed E-state index contributed by atoms with van der Waals surface area (Å²) in [5.41, 5.74) is 2.32. The van der Waals surface area contributed by atoms with Gasteiger partial charge in [0.25, 0.3) is 0 Å². The molecule has 1 aliphatic rings. The average molecular weight is 417 g/mol. The van der Waals surface area contributed by atoms with E-state index in [0.717, 1.165) is 0 Å². The number of methoxy groups -OCH3 is 1. The number of rotatable bonds is 7. The highest BCUT2D eigenvalue weighted by Crippen LogP contribution is 2.42. The second kappa shape index (κ2) is 9.96. The summed E-state index contributed by atoms with van der Waals surface area (Å²) in [4.78, 5) is 36.8. The highest BCUT2D eigenvalue weighted by atomic mass is 16.6. The van der Waals surface area contributed by atoms with E-state index >= 15 is 0 Å². The number of hydrogen-bond donors (Lipinski definition) is 1. The van der Waals surface area contributed by atoms with Crippen molar-refractivity contribution in [3.05, 3.63) is 46.3 Å². The molecule has 0 spiro atoms. The number of allylic oxidation sites excluding steroid dienone is 2. The quantitative estimate of drug-likeness (QED) is 0.534. The van der Waals surface area contributed by atoms with Gasteiger partial charge in [-0.15, -0.1) is 0 Å². The van der Waals surface area contributed by atoms with Crippen LogP contribution in [-0.4, -0.2) is 38.2 Å². The molecule has 0 radical (unpaired) electrons. The van der Waals surface area contributed by atoms with Crippen molar-refractivity contribution in [1.82, 2.24) is 5.32 Å². The molecule has 0 saturated heterocycles. The van der Waals surface area contributed by atoms with Crippen molar-refractivity contribution in [2.45, 2.75) is 40.5 Å². The summed E-state index contributed by atoms with van der Waals surface area (Å²) in [5.74, 6) is -1.76. The molecule has 1 unspecified atom stereocenters. The van der Waals surface area contributed by atoms with Crippen molar-refractivity contribution in [2.75, 3.05) is 20.3 Å². The van der Waals surface area contributed by atoms with Crippen LogP contribution in [0.4, 0.5) is 0 Å². The van der Waals surface area contributed by atoms with Crippen LogP contribution in [0.1, 0.15) is 46.1 Å². The molecule has 1 aromatic carbocycles. The lowest BCUT2D eigenvalue weighted by Gasteiger charge is -2.30. The van der Waals surface area contributed by atoms with E-state index in [4.69, 9.17) is 18.9 Å². The first-order valence-electron chi connectivity index (χ1n) is 9.64. The fourth-order valence-corrected chi connectivity index (χ4v) is 3.40. The topological polar surface area (TPSA) is 100 Å². The van der Waals surface area contributed by atoms with Gasteiger partial charge >= 0.3 is 17.9 Å². The Bertz CT molecular complexity index is 914. The molecule has 1 N–H and O–H groups in total. The van der Waals surface area contributed by atoms with Crippen LogP contribution in [0.5, 0.6) is 11.5 Å². The van der Waals surface area contributed by atoms with Crippen LogP contribution in [0, 0.1) is 0 Å². The molecular formula is C22H27NO7. The van der Waals surface area contributed by atoms with Gasteiger partial charge < -0.3 is 24.3 Å². The molecule has 2 rings (SSSR count). The van der Waals surface area contributed by atoms with Crippen LogP contribution in [0.3, 0.4) is 0 Å². The molecule has 1 aromatic rings. The number of dihydropyridines is 1. The Labute approximate surface area is 175 Å². The molecule has 8 heteroatoms. The van der Waals surface area contributed by atoms with E-state index in [1.807, 2.05) is 0 Å². The molecular weight excluding hydrogens is 390 g/mol. The minimum Gasteiger partial charge on any atom is -0.490 e. The summed E-state index contributed by atoms with van der Waals surface area (Å²) in [6, 6.07) is 4.91. The standard InChI is InChI=1S/C22H27NO7/c1-7-28-17-11-15(9-10-16(17)30-14(5)24)20-18(21(25)27-6)12(3)23-13(4)19(20)22(26)29-8-2/h9-11,20,23H,7-8H2,1-6H3. The third kappa shape index (κ3) is 4.82. The Morgan fingerprint density at radius 1 is 0.967 bits per heavy atom. The van der Waals surface area contributed by atoms with Gasteiger partial charge in [0.1, 0.15) is 0 Å². The van der Waals surface area contributed by atoms with Crippen LogP contribution in [0.15, 0.2) is 40.7 Å². The number of nitrogens with one attached hydrogen (secondary N) is 1. The van der Waals surface area contributed by atoms with Gasteiger partial charge in [0.05, 0.1) is 37.4 Å². The third-order valence-electron chi connectivity index (χ3n) is 4.52. The van der Waals surface area contributed by atoms with Crippen molar-refractivity contribution in [3.8, 4) is 11.5 Å². The Kier molecular flexibility index (Phi) is 7.63. The molecule has 0 saturated carbocycles. The van der Waals surface area contributed by atoms with Crippen LogP contribution in [0.25, 0.3) is 0 Å². The maximum atomic E-state index is 12.8. The average Bonchev–Trinajstić information content (AvgIpc) is 2.68. The monoisotopic (exact) mass is 417 g/mol. The van der Waals surface area contributed by atoms with Crippen molar-refractivity contribution >= 4 is 17.9 Å². The van der Waals surface area contributed by atoms with Crippen LogP contribution < -0.4 is 14.8 Å². The van der Waals surface area contributed by atoms with Crippen molar-refractivity contribution < 1.29 is 33.3 Å². The smallest absolute Gasteiger partial charge is 0.336 e. The van der Waals surface area contributed by atoms with Gasteiger partial charge in [-0.2, -0.15) is 0 Å². The molecule has 8 nitrogen and oxygen atoms in total. The zero-order valence-corrected chi connectivity index (χ0v) is 18.1. The van der Waals surface area contributed by atoms with Crippen LogP contribution >= 0.6 is 0 Å². The number of hydrogen-bond acceptors (Lipinski definition) is 8. The molecule has 0 aromatic heterocycles. The molecule has 30 heavy (non-hydrogen) atoms. The first kappa shape index (κ1) is 23.0. The highest BCUT2D eigenvalue weighted by Gasteiger charge is 2.38. The lowest BCUT2D eigenvalue weighted by molar-refractivity contribution is -0.139. The van der Waals surface area contributed by atoms with Gasteiger partial charge in [0.15, 0.2) is 11.5 Å². The molecule has 162 valence electrons. The number of carbonyl (C=O) groups excluding carboxylic acids is 3. The van der Waals surface area contributed by atoms with E-state index < -0.39 is 23.8 Å². The first-order chi connectivity index (χ1) is 14.2. The molecule has 1 heterocycles. The third-order valence-corrected chi connectivity index (χ3v) is 4.52. The first-order valence-corrected chi connectivity index (χ1v) is 9.64. The molecule has 1 atom stereocenters. The van der Waals surface area contributed by atoms with Crippen molar-refractivity contribution in [3.63, 3.8) is 0 Å². The van der Waals surface area contributed by atoms with Crippen molar-refractivity contribution in [1.29, 1.82) is 0 Å². The molecule has 1 aliphatic heterocycles. The van der Waals surface area contributed by atoms with Gasteiger partial charge in [0, 0.05) is 18.3 Å². The lowest BCUT2D eigenvalue weighted by atomic mass is 9.80. The summed E-state index contributed by atoms with van der Waals surface area (Å²) in [5, 5.41) is 3.07. The summed E-state index contributed by atoms with van der Waals surface area (Å²) >= 11 is 0. The molecule has 0 aliphatic carbocycles. The number of benzene rings is 1. The van der Waals surface area contributed by atoms with E-state index in [-0.39, 0.29) is 17.9 Å². The lowest BCUT2D eigenvalue weighted by Crippen LogP contribution is -2.32. The van der Waals surface area contributed by atoms with Gasteiger partial charge in [-0.3, -0.25) is 4.79 Å². The van der Waals surface area contributed by atoms with Gasteiger partial charge in [-0.05, 0) is 45.4 Å². The van der Waals surface area contributed by atoms with Gasteiger partial charge in [-0.1, -0.05) is 6.07 Å². The van der Waals surface area contributed by atoms with E-state index in [2.05, 4.69) is 5.32 Å². The summed E-state index contributed by atoms with van der Waals surface area (Å²) in [6.45, 7) is 8.81. The maximum Gasteiger partial charge on any atom is 0.336 e. The molecule has 0 bridgehead atoms. The normalized spacial score (nSPS) is 16.0. The van der Waals surface area contributed by atoms with Crippen LogP contribution in [-0.2, 0) is 23.9 Å². The number of ether oxygens (including phenoxy) is 4.